The van der Waals surface area contributed by atoms with Gasteiger partial charge in [-0.2, -0.15) is 0 Å². The Hall–Kier alpha value is -3.11. The van der Waals surface area contributed by atoms with Crippen LogP contribution in [-0.2, 0) is 23.6 Å². The Morgan fingerprint density at radius 1 is 1.22 bits per heavy atom. The van der Waals surface area contributed by atoms with Crippen molar-refractivity contribution >= 4 is 25.8 Å². The van der Waals surface area contributed by atoms with E-state index in [-0.39, 0.29) is 17.5 Å². The number of aryl methyl sites for hydroxylation is 1. The van der Waals surface area contributed by atoms with Gasteiger partial charge >= 0.3 is 228 Å². The van der Waals surface area contributed by atoms with Crippen LogP contribution < -0.4 is 20.6 Å². The van der Waals surface area contributed by atoms with Gasteiger partial charge in [0, 0.05) is 0 Å². The molecule has 1 amide bonds. The number of ether oxygens (including phenoxy) is 2. The number of halogens is 2. The minimum absolute atomic E-state index is 0.121. The molecule has 4 rings (SSSR count). The average molecular weight is 660 g/mol. The van der Waals surface area contributed by atoms with Gasteiger partial charge in [0.25, 0.3) is 0 Å². The molecule has 0 radical (unpaired) electrons. The molecule has 1 aromatic carbocycles. The number of nitrogens with one attached hydrogen (secondary N) is 2. The molecular weight excluding hydrogens is 619 g/mol. The fourth-order valence-corrected chi connectivity index (χ4v) is 6.66. The first-order valence-electron chi connectivity index (χ1n) is 14.5. The SMILES string of the molecule is Cc1ccc(O[PH](O)(N[C@@H](C)C(=O)OC(C)C)OC[C@H]2OC(n3ccc(NC(=O)[C@@H]4CCCN4C)nc3=O)C(F)(F)[C@@H]2O)cc1. The fourth-order valence-electron chi connectivity index (χ4n) is 4.95. The number of alkyl halides is 2. The van der Waals surface area contributed by atoms with Gasteiger partial charge in [0.15, 0.2) is 0 Å². The van der Waals surface area contributed by atoms with Gasteiger partial charge in [-0.05, 0) is 26.4 Å². The van der Waals surface area contributed by atoms with Crippen molar-refractivity contribution in [2.75, 3.05) is 25.5 Å². The van der Waals surface area contributed by atoms with Crippen LogP contribution in [0.4, 0.5) is 14.6 Å². The first kappa shape index (κ1) is 34.8. The third-order valence-corrected chi connectivity index (χ3v) is 9.23. The average Bonchev–Trinajstić information content (AvgIpc) is 3.48. The maximum atomic E-state index is 15.3. The third-order valence-electron chi connectivity index (χ3n) is 7.36. The van der Waals surface area contributed by atoms with Crippen molar-refractivity contribution in [3.63, 3.8) is 0 Å². The second-order valence-corrected chi connectivity index (χ2v) is 13.4. The van der Waals surface area contributed by atoms with E-state index in [4.69, 9.17) is 18.5 Å². The van der Waals surface area contributed by atoms with E-state index in [0.717, 1.165) is 24.7 Å². The maximum absolute atomic E-state index is 15.3. The number of esters is 1. The summed E-state index contributed by atoms with van der Waals surface area (Å²) >= 11 is 0. The Bertz CT molecular complexity index is 1420. The molecule has 4 N–H and O–H groups in total. The zero-order valence-electron chi connectivity index (χ0n) is 25.6. The fraction of sp³-hybridized carbons (Fsp3) is 0.571. The number of likely N-dealkylation sites (tertiary alicyclic amines) is 1. The summed E-state index contributed by atoms with van der Waals surface area (Å²) in [6.07, 6.45) is -4.49. The monoisotopic (exact) mass is 659 g/mol. The quantitative estimate of drug-likeness (QED) is 0.193. The Morgan fingerprint density at radius 2 is 1.91 bits per heavy atom. The summed E-state index contributed by atoms with van der Waals surface area (Å²) in [5.74, 6) is -5.05. The van der Waals surface area contributed by atoms with Gasteiger partial charge in [0.2, 0.25) is 0 Å². The molecule has 0 bridgehead atoms. The second-order valence-electron chi connectivity index (χ2n) is 11.4. The number of hydrogen-bond donors (Lipinski definition) is 4. The zero-order valence-corrected chi connectivity index (χ0v) is 26.6. The number of benzene rings is 1. The summed E-state index contributed by atoms with van der Waals surface area (Å²) in [6, 6.07) is 6.12. The van der Waals surface area contributed by atoms with Crippen LogP contribution in [0.2, 0.25) is 0 Å². The van der Waals surface area contributed by atoms with Gasteiger partial charge in [-0.15, -0.1) is 0 Å². The van der Waals surface area contributed by atoms with Crippen molar-refractivity contribution in [3.05, 3.63) is 52.6 Å². The molecule has 1 unspecified atom stereocenters. The Labute approximate surface area is 259 Å². The molecule has 2 aromatic rings. The van der Waals surface area contributed by atoms with Crippen molar-refractivity contribution in [1.82, 2.24) is 19.5 Å². The molecule has 2 fully saturated rings. The second kappa shape index (κ2) is 14.1. The van der Waals surface area contributed by atoms with Crippen LogP contribution in [0.5, 0.6) is 5.75 Å². The Kier molecular flexibility index (Phi) is 10.9. The molecule has 3 heterocycles. The van der Waals surface area contributed by atoms with Crippen LogP contribution in [-0.4, -0.2) is 92.8 Å². The summed E-state index contributed by atoms with van der Waals surface area (Å²) in [6.45, 7) is 6.44. The van der Waals surface area contributed by atoms with Crippen molar-refractivity contribution in [3.8, 4) is 5.75 Å². The number of hydrogen-bond acceptors (Lipinski definition) is 12. The van der Waals surface area contributed by atoms with Crippen molar-refractivity contribution in [2.45, 2.75) is 83.1 Å². The van der Waals surface area contributed by atoms with E-state index in [1.807, 2.05) is 11.8 Å². The molecule has 5 atom stereocenters. The van der Waals surface area contributed by atoms with E-state index in [2.05, 4.69) is 15.4 Å². The van der Waals surface area contributed by atoms with Gasteiger partial charge in [-0.1, -0.05) is 0 Å². The van der Waals surface area contributed by atoms with Crippen LogP contribution in [0.25, 0.3) is 0 Å². The molecular formula is C28H40F2N5O9P. The number of carbonyl (C=O) groups excluding carboxylic acids is 2. The summed E-state index contributed by atoms with van der Waals surface area (Å²) in [5, 5.41) is 15.6. The topological polar surface area (TPSA) is 174 Å². The van der Waals surface area contributed by atoms with Gasteiger partial charge in [0.1, 0.15) is 0 Å². The number of amides is 1. The molecule has 1 aromatic heterocycles. The van der Waals surface area contributed by atoms with Gasteiger partial charge < -0.3 is 0 Å². The van der Waals surface area contributed by atoms with Crippen molar-refractivity contribution < 1.29 is 46.9 Å². The van der Waals surface area contributed by atoms with E-state index in [1.165, 1.54) is 25.1 Å². The molecule has 2 saturated heterocycles. The predicted molar refractivity (Wildman–Crippen MR) is 160 cm³/mol. The molecule has 250 valence electrons. The molecule has 45 heavy (non-hydrogen) atoms. The number of aromatic nitrogens is 2. The molecule has 2 aliphatic heterocycles. The van der Waals surface area contributed by atoms with Gasteiger partial charge in [0.05, 0.1) is 0 Å². The minimum atomic E-state index is -4.59. The van der Waals surface area contributed by atoms with E-state index in [1.54, 1.807) is 33.0 Å². The van der Waals surface area contributed by atoms with Gasteiger partial charge in [-0.3, -0.25) is 4.90 Å². The molecule has 2 aliphatic rings. The van der Waals surface area contributed by atoms with Crippen LogP contribution in [0.3, 0.4) is 0 Å². The van der Waals surface area contributed by atoms with Crippen LogP contribution in [0, 0.1) is 6.92 Å². The number of nitrogens with zero attached hydrogens (tertiary/aromatic N) is 3. The first-order chi connectivity index (χ1) is 21.1. The molecule has 0 aliphatic carbocycles. The van der Waals surface area contributed by atoms with E-state index in [0.29, 0.717) is 11.0 Å². The molecule has 0 saturated carbocycles. The van der Waals surface area contributed by atoms with E-state index in [9.17, 15) is 24.4 Å². The normalized spacial score (nSPS) is 24.4. The molecule has 17 heteroatoms. The summed E-state index contributed by atoms with van der Waals surface area (Å²) in [5.41, 5.74) is -0.258. The number of aliphatic hydroxyl groups excluding tert-OH is 1. The van der Waals surface area contributed by atoms with Crippen LogP contribution in [0.1, 0.15) is 45.4 Å². The summed E-state index contributed by atoms with van der Waals surface area (Å²) in [4.78, 5) is 54.6. The van der Waals surface area contributed by atoms with Crippen LogP contribution >= 0.6 is 8.09 Å². The zero-order chi connectivity index (χ0) is 33.1. The van der Waals surface area contributed by atoms with Crippen molar-refractivity contribution in [1.29, 1.82) is 0 Å². The predicted octanol–water partition coefficient (Wildman–Crippen LogP) is 1.91. The van der Waals surface area contributed by atoms with E-state index < -0.39 is 68.9 Å². The Morgan fingerprint density at radius 3 is 2.51 bits per heavy atom. The first-order valence-corrected chi connectivity index (χ1v) is 16.3. The number of rotatable bonds is 12. The number of likely N-dealkylation sites (N-methyl/N-ethyl adjacent to an activating group) is 1. The third kappa shape index (κ3) is 8.38. The van der Waals surface area contributed by atoms with Crippen molar-refractivity contribution in [2.24, 2.45) is 0 Å². The van der Waals surface area contributed by atoms with Gasteiger partial charge in [-0.25, -0.2) is 0 Å². The standard InChI is InChI=1S/C28H40F2N5O9P/c1-16(2)42-25(38)18(4)33-45(40,44-19-10-8-17(3)9-11-19)41-15-21-23(36)28(29,30)26(43-21)35-14-12-22(32-27(35)39)31-24(37)20-7-6-13-34(20)5/h8-12,14,16,18,20-21,23,26,33,36,40,45H,6-7,13,15H2,1-5H3,(H,31,32,37,39)/t18-,20-,21+,23+,26?/m0/s1. The van der Waals surface area contributed by atoms with E-state index >= 15 is 8.78 Å². The van der Waals surface area contributed by atoms with Crippen LogP contribution in [0.15, 0.2) is 41.3 Å². The number of anilines is 1. The number of aliphatic hydroxyl groups is 1. The summed E-state index contributed by atoms with van der Waals surface area (Å²) < 4.78 is 52.8. The molecule has 0 spiro atoms. The summed E-state index contributed by atoms with van der Waals surface area (Å²) in [7, 11) is -2.80. The Balaban J connectivity index is 1.48. The number of carbonyl (C=O) groups is 2. The molecule has 14 nitrogen and oxygen atoms in total.